The van der Waals surface area contributed by atoms with Crippen LogP contribution in [0.5, 0.6) is 0 Å². The van der Waals surface area contributed by atoms with E-state index in [-0.39, 0.29) is 0 Å². The van der Waals surface area contributed by atoms with Gasteiger partial charge in [-0.15, -0.1) is 4.40 Å². The second-order valence-electron chi connectivity index (χ2n) is 5.47. The second-order valence-corrected chi connectivity index (χ2v) is 7.04. The minimum atomic E-state index is -3.49. The van der Waals surface area contributed by atoms with Crippen LogP contribution in [0.15, 0.2) is 33.6 Å². The van der Waals surface area contributed by atoms with Gasteiger partial charge < -0.3 is 10.2 Å². The predicted octanol–water partition coefficient (Wildman–Crippen LogP) is 0.287. The predicted molar refractivity (Wildman–Crippen MR) is 71.6 cm³/mol. The first-order valence-corrected chi connectivity index (χ1v) is 7.99. The molecule has 0 aliphatic carbocycles. The second kappa shape index (κ2) is 3.80. The number of fused-ring (bicyclic) bond motifs is 2. The maximum atomic E-state index is 12.0. The van der Waals surface area contributed by atoms with Gasteiger partial charge in [-0.3, -0.25) is 0 Å². The molecule has 3 aliphatic rings. The van der Waals surface area contributed by atoms with Crippen LogP contribution in [0.25, 0.3) is 0 Å². The van der Waals surface area contributed by atoms with E-state index in [4.69, 9.17) is 0 Å². The molecule has 1 aromatic rings. The molecule has 2 unspecified atom stereocenters. The van der Waals surface area contributed by atoms with Gasteiger partial charge in [0, 0.05) is 31.7 Å². The van der Waals surface area contributed by atoms with E-state index in [0.29, 0.717) is 22.6 Å². The van der Waals surface area contributed by atoms with Crippen LogP contribution in [-0.2, 0) is 10.0 Å². The van der Waals surface area contributed by atoms with Gasteiger partial charge in [0.05, 0.1) is 0 Å². The highest BCUT2D eigenvalue weighted by Crippen LogP contribution is 2.32. The molecule has 0 spiro atoms. The molecule has 2 atom stereocenters. The van der Waals surface area contributed by atoms with Gasteiger partial charge in [-0.05, 0) is 24.0 Å². The van der Waals surface area contributed by atoms with Crippen LogP contribution in [0.2, 0.25) is 0 Å². The van der Waals surface area contributed by atoms with Gasteiger partial charge in [0.25, 0.3) is 10.0 Å². The molecule has 1 aromatic carbocycles. The summed E-state index contributed by atoms with van der Waals surface area (Å²) >= 11 is 0. The van der Waals surface area contributed by atoms with E-state index >= 15 is 0 Å². The van der Waals surface area contributed by atoms with Crippen LogP contribution in [0.1, 0.15) is 5.56 Å². The van der Waals surface area contributed by atoms with Gasteiger partial charge in [0.1, 0.15) is 4.90 Å². The highest BCUT2D eigenvalue weighted by molar-refractivity contribution is 7.90. The van der Waals surface area contributed by atoms with Crippen LogP contribution in [0.3, 0.4) is 0 Å². The number of amidine groups is 1. The van der Waals surface area contributed by atoms with Crippen molar-refractivity contribution in [3.63, 3.8) is 0 Å². The third-order valence-corrected chi connectivity index (χ3v) is 5.63. The van der Waals surface area contributed by atoms with Gasteiger partial charge in [0.15, 0.2) is 5.84 Å². The van der Waals surface area contributed by atoms with E-state index < -0.39 is 10.0 Å². The van der Waals surface area contributed by atoms with Crippen molar-refractivity contribution in [2.75, 3.05) is 26.2 Å². The molecular weight excluding hydrogens is 262 g/mol. The Morgan fingerprint density at radius 3 is 2.58 bits per heavy atom. The summed E-state index contributed by atoms with van der Waals surface area (Å²) in [4.78, 5) is 2.49. The molecule has 0 radical (unpaired) electrons. The van der Waals surface area contributed by atoms with Crippen LogP contribution in [0, 0.1) is 11.8 Å². The molecule has 0 amide bonds. The van der Waals surface area contributed by atoms with Crippen molar-refractivity contribution < 1.29 is 8.42 Å². The first-order valence-electron chi connectivity index (χ1n) is 6.55. The van der Waals surface area contributed by atoms with E-state index in [2.05, 4.69) is 14.6 Å². The van der Waals surface area contributed by atoms with Gasteiger partial charge in [-0.1, -0.05) is 12.1 Å². The minimum Gasteiger partial charge on any atom is -0.355 e. The average molecular weight is 277 g/mol. The first kappa shape index (κ1) is 11.4. The topological polar surface area (TPSA) is 61.8 Å². The van der Waals surface area contributed by atoms with Crippen molar-refractivity contribution in [1.29, 1.82) is 0 Å². The standard InChI is InChI=1S/C13H15N3O2S/c17-19(18)12-4-2-1-3-11(12)13(15-19)16-7-9-5-14-6-10(9)8-16/h1-4,9-10,14H,5-8H2. The number of nitrogens with zero attached hydrogens (tertiary/aromatic N) is 2. The molecule has 100 valence electrons. The summed E-state index contributed by atoms with van der Waals surface area (Å²) in [7, 11) is -3.49. The van der Waals surface area contributed by atoms with E-state index in [9.17, 15) is 8.42 Å². The van der Waals surface area contributed by atoms with Gasteiger partial charge in [-0.2, -0.15) is 8.42 Å². The molecule has 1 N–H and O–H groups in total. The van der Waals surface area contributed by atoms with Crippen LogP contribution in [0.4, 0.5) is 0 Å². The summed E-state index contributed by atoms with van der Waals surface area (Å²) in [6.45, 7) is 3.87. The number of rotatable bonds is 0. The first-order chi connectivity index (χ1) is 9.15. The summed E-state index contributed by atoms with van der Waals surface area (Å²) in [6, 6.07) is 7.11. The Morgan fingerprint density at radius 2 is 1.84 bits per heavy atom. The zero-order chi connectivity index (χ0) is 13.0. The van der Waals surface area contributed by atoms with Crippen LogP contribution in [-0.4, -0.2) is 45.3 Å². The molecule has 2 saturated heterocycles. The Labute approximate surface area is 112 Å². The fourth-order valence-corrected chi connectivity index (χ4v) is 4.57. The van der Waals surface area contributed by atoms with Crippen molar-refractivity contribution in [1.82, 2.24) is 10.2 Å². The summed E-state index contributed by atoms with van der Waals surface area (Å²) in [5.74, 6) is 1.89. The van der Waals surface area contributed by atoms with Crippen molar-refractivity contribution in [2.45, 2.75) is 4.90 Å². The number of sulfonamides is 1. The molecular formula is C13H15N3O2S. The Kier molecular flexibility index (Phi) is 2.29. The minimum absolute atomic E-state index is 0.347. The van der Waals surface area contributed by atoms with Gasteiger partial charge >= 0.3 is 0 Å². The molecule has 5 nitrogen and oxygen atoms in total. The average Bonchev–Trinajstić information content (AvgIpc) is 3.02. The molecule has 2 fully saturated rings. The number of nitrogens with one attached hydrogen (secondary N) is 1. The van der Waals surface area contributed by atoms with Gasteiger partial charge in [0.2, 0.25) is 0 Å². The number of hydrogen-bond acceptors (Lipinski definition) is 4. The molecule has 0 aromatic heterocycles. The lowest BCUT2D eigenvalue weighted by molar-refractivity contribution is 0.470. The maximum Gasteiger partial charge on any atom is 0.285 e. The summed E-state index contributed by atoms with van der Waals surface area (Å²) in [5, 5.41) is 3.39. The molecule has 3 aliphatic heterocycles. The normalized spacial score (nSPS) is 31.2. The Balaban J connectivity index is 1.74. The summed E-state index contributed by atoms with van der Waals surface area (Å²) in [6.07, 6.45) is 0. The fourth-order valence-electron chi connectivity index (χ4n) is 3.34. The largest absolute Gasteiger partial charge is 0.355 e. The monoisotopic (exact) mass is 277 g/mol. The molecule has 3 heterocycles. The molecule has 4 rings (SSSR count). The zero-order valence-corrected chi connectivity index (χ0v) is 11.2. The quantitative estimate of drug-likeness (QED) is 0.740. The third kappa shape index (κ3) is 1.63. The lowest BCUT2D eigenvalue weighted by Gasteiger charge is -2.19. The highest BCUT2D eigenvalue weighted by Gasteiger charge is 2.40. The number of hydrogen-bond donors (Lipinski definition) is 1. The Hall–Kier alpha value is -1.40. The third-order valence-electron chi connectivity index (χ3n) is 4.30. The molecule has 19 heavy (non-hydrogen) atoms. The number of benzene rings is 1. The lowest BCUT2D eigenvalue weighted by Crippen LogP contribution is -2.31. The fraction of sp³-hybridized carbons (Fsp3) is 0.462. The lowest BCUT2D eigenvalue weighted by atomic mass is 10.0. The van der Waals surface area contributed by atoms with E-state index in [0.717, 1.165) is 31.7 Å². The molecule has 0 saturated carbocycles. The van der Waals surface area contributed by atoms with Crippen molar-refractivity contribution in [3.8, 4) is 0 Å². The molecule has 0 bridgehead atoms. The Bertz CT molecular complexity index is 656. The zero-order valence-electron chi connectivity index (χ0n) is 10.4. The maximum absolute atomic E-state index is 12.0. The Morgan fingerprint density at radius 1 is 1.16 bits per heavy atom. The highest BCUT2D eigenvalue weighted by atomic mass is 32.2. The summed E-state index contributed by atoms with van der Waals surface area (Å²) in [5.41, 5.74) is 0.760. The van der Waals surface area contributed by atoms with Crippen molar-refractivity contribution in [2.24, 2.45) is 16.2 Å². The van der Waals surface area contributed by atoms with Crippen LogP contribution >= 0.6 is 0 Å². The van der Waals surface area contributed by atoms with E-state index in [1.165, 1.54) is 0 Å². The summed E-state index contributed by atoms with van der Waals surface area (Å²) < 4.78 is 28.1. The van der Waals surface area contributed by atoms with Crippen molar-refractivity contribution in [3.05, 3.63) is 29.8 Å². The van der Waals surface area contributed by atoms with Crippen molar-refractivity contribution >= 4 is 15.9 Å². The number of likely N-dealkylation sites (tertiary alicyclic amines) is 1. The van der Waals surface area contributed by atoms with E-state index in [1.807, 2.05) is 12.1 Å². The molecule has 6 heteroatoms. The van der Waals surface area contributed by atoms with E-state index in [1.54, 1.807) is 12.1 Å². The van der Waals surface area contributed by atoms with Crippen LogP contribution < -0.4 is 5.32 Å². The van der Waals surface area contributed by atoms with Gasteiger partial charge in [-0.25, -0.2) is 0 Å². The SMILES string of the molecule is O=S1(=O)N=C(N2CC3CNCC3C2)c2ccccc21. The smallest absolute Gasteiger partial charge is 0.285 e.